The number of carboxylic acid groups (broad SMARTS) is 1. The molecule has 0 bridgehead atoms. The second kappa shape index (κ2) is 8.14. The zero-order valence-electron chi connectivity index (χ0n) is 13.4. The van der Waals surface area contributed by atoms with Crippen molar-refractivity contribution in [3.63, 3.8) is 0 Å². The van der Waals surface area contributed by atoms with E-state index in [0.717, 1.165) is 4.90 Å². The van der Waals surface area contributed by atoms with Crippen molar-refractivity contribution in [2.24, 2.45) is 7.05 Å². The van der Waals surface area contributed by atoms with Crippen LogP contribution in [-0.2, 0) is 26.2 Å². The van der Waals surface area contributed by atoms with Gasteiger partial charge in [0.05, 0.1) is 26.7 Å². The average Bonchev–Trinajstić information content (AvgIpc) is 3.16. The number of carbonyl (C=O) groups is 4. The standard InChI is InChI=1S/C11H15N7O4.CH2O2/c1-16-14-10(13-15-16)7-5-17(2-3-22-7)9(20)6-18-8(19)4-12-11(18)21;2-1-3/h7H,2-6H2,1H3,(H,12,21);1H,(H,2,3). The van der Waals surface area contributed by atoms with E-state index in [1.807, 2.05) is 0 Å². The molecule has 13 nitrogen and oxygen atoms in total. The fraction of sp³-hybridized carbons (Fsp3) is 0.583. The molecular weight excluding hydrogens is 338 g/mol. The number of amides is 4. The van der Waals surface area contributed by atoms with E-state index in [0.29, 0.717) is 19.0 Å². The molecule has 2 aliphatic rings. The summed E-state index contributed by atoms with van der Waals surface area (Å²) < 4.78 is 5.54. The largest absolute Gasteiger partial charge is 0.483 e. The molecular formula is C12H17N7O6. The maximum atomic E-state index is 12.3. The number of urea groups is 1. The molecule has 13 heteroatoms. The van der Waals surface area contributed by atoms with Gasteiger partial charge in [0.25, 0.3) is 12.4 Å². The third kappa shape index (κ3) is 4.47. The molecule has 0 spiro atoms. The monoisotopic (exact) mass is 355 g/mol. The first-order chi connectivity index (χ1) is 12.0. The van der Waals surface area contributed by atoms with E-state index in [1.165, 1.54) is 9.70 Å². The molecule has 1 aromatic rings. The molecule has 2 fully saturated rings. The summed E-state index contributed by atoms with van der Waals surface area (Å²) in [5, 5.41) is 20.9. The molecule has 1 atom stereocenters. The van der Waals surface area contributed by atoms with Crippen molar-refractivity contribution in [3.05, 3.63) is 5.82 Å². The number of ether oxygens (including phenoxy) is 1. The number of imide groups is 1. The maximum absolute atomic E-state index is 12.3. The predicted molar refractivity (Wildman–Crippen MR) is 77.9 cm³/mol. The van der Waals surface area contributed by atoms with Gasteiger partial charge in [0.15, 0.2) is 0 Å². The van der Waals surface area contributed by atoms with Crippen molar-refractivity contribution in [2.45, 2.75) is 6.10 Å². The zero-order chi connectivity index (χ0) is 18.4. The van der Waals surface area contributed by atoms with Crippen LogP contribution in [-0.4, -0.2) is 92.2 Å². The Bertz CT molecular complexity index is 646. The van der Waals surface area contributed by atoms with Gasteiger partial charge >= 0.3 is 6.03 Å². The maximum Gasteiger partial charge on any atom is 0.325 e. The molecule has 3 rings (SSSR count). The molecule has 0 aromatic carbocycles. The van der Waals surface area contributed by atoms with Gasteiger partial charge in [-0.2, -0.15) is 4.80 Å². The number of nitrogens with one attached hydrogen (secondary N) is 1. The number of hydrogen-bond acceptors (Lipinski definition) is 8. The van der Waals surface area contributed by atoms with Crippen LogP contribution >= 0.6 is 0 Å². The van der Waals surface area contributed by atoms with Crippen molar-refractivity contribution < 1.29 is 29.0 Å². The van der Waals surface area contributed by atoms with Gasteiger partial charge in [-0.25, -0.2) is 4.79 Å². The van der Waals surface area contributed by atoms with E-state index in [-0.39, 0.29) is 32.0 Å². The number of hydrogen-bond donors (Lipinski definition) is 2. The second-order valence-electron chi connectivity index (χ2n) is 5.08. The van der Waals surface area contributed by atoms with Crippen LogP contribution in [0.3, 0.4) is 0 Å². The molecule has 2 aliphatic heterocycles. The summed E-state index contributed by atoms with van der Waals surface area (Å²) >= 11 is 0. The Balaban J connectivity index is 0.000000701. The molecule has 4 amide bonds. The number of nitrogens with zero attached hydrogens (tertiary/aromatic N) is 6. The predicted octanol–water partition coefficient (Wildman–Crippen LogP) is -2.64. The molecule has 0 saturated carbocycles. The first-order valence-corrected chi connectivity index (χ1v) is 7.25. The normalized spacial score (nSPS) is 20.0. The van der Waals surface area contributed by atoms with Crippen LogP contribution in [0.25, 0.3) is 0 Å². The molecule has 0 aliphatic carbocycles. The van der Waals surface area contributed by atoms with Crippen molar-refractivity contribution in [3.8, 4) is 0 Å². The van der Waals surface area contributed by atoms with Gasteiger partial charge < -0.3 is 20.1 Å². The molecule has 1 unspecified atom stereocenters. The summed E-state index contributed by atoms with van der Waals surface area (Å²) in [4.78, 5) is 47.3. The van der Waals surface area contributed by atoms with Gasteiger partial charge in [0, 0.05) is 6.54 Å². The van der Waals surface area contributed by atoms with Crippen LogP contribution in [0.15, 0.2) is 0 Å². The van der Waals surface area contributed by atoms with Gasteiger partial charge in [0.2, 0.25) is 11.7 Å². The highest BCUT2D eigenvalue weighted by Crippen LogP contribution is 2.18. The fourth-order valence-corrected chi connectivity index (χ4v) is 2.31. The van der Waals surface area contributed by atoms with Crippen molar-refractivity contribution in [2.75, 3.05) is 32.8 Å². The smallest absolute Gasteiger partial charge is 0.325 e. The quantitative estimate of drug-likeness (QED) is 0.436. The molecule has 136 valence electrons. The van der Waals surface area contributed by atoms with Gasteiger partial charge in [0.1, 0.15) is 12.6 Å². The summed E-state index contributed by atoms with van der Waals surface area (Å²) in [7, 11) is 1.64. The van der Waals surface area contributed by atoms with E-state index >= 15 is 0 Å². The minimum atomic E-state index is -0.543. The summed E-state index contributed by atoms with van der Waals surface area (Å²) in [5.41, 5.74) is 0. The Morgan fingerprint density at radius 1 is 1.48 bits per heavy atom. The zero-order valence-corrected chi connectivity index (χ0v) is 13.4. The third-order valence-corrected chi connectivity index (χ3v) is 3.46. The fourth-order valence-electron chi connectivity index (χ4n) is 2.31. The minimum absolute atomic E-state index is 0.0681. The summed E-state index contributed by atoms with van der Waals surface area (Å²) in [6, 6.07) is -0.543. The summed E-state index contributed by atoms with van der Waals surface area (Å²) in [6.07, 6.45) is -0.463. The van der Waals surface area contributed by atoms with Crippen LogP contribution in [0.1, 0.15) is 11.9 Å². The summed E-state index contributed by atoms with van der Waals surface area (Å²) in [6.45, 7) is 0.384. The van der Waals surface area contributed by atoms with Gasteiger partial charge in [-0.1, -0.05) is 0 Å². The molecule has 0 radical (unpaired) electrons. The van der Waals surface area contributed by atoms with E-state index < -0.39 is 18.0 Å². The van der Waals surface area contributed by atoms with Crippen molar-refractivity contribution >= 4 is 24.3 Å². The minimum Gasteiger partial charge on any atom is -0.483 e. The van der Waals surface area contributed by atoms with Gasteiger partial charge in [-0.05, 0) is 5.21 Å². The second-order valence-corrected chi connectivity index (χ2v) is 5.08. The number of aryl methyl sites for hydroxylation is 1. The molecule has 2 saturated heterocycles. The number of morpholine rings is 1. The lowest BCUT2D eigenvalue weighted by Crippen LogP contribution is -2.48. The van der Waals surface area contributed by atoms with E-state index in [4.69, 9.17) is 14.6 Å². The van der Waals surface area contributed by atoms with Gasteiger partial charge in [-0.3, -0.25) is 19.3 Å². The number of rotatable bonds is 3. The first-order valence-electron chi connectivity index (χ1n) is 7.25. The molecule has 1 aromatic heterocycles. The van der Waals surface area contributed by atoms with E-state index in [9.17, 15) is 14.4 Å². The number of carbonyl (C=O) groups excluding carboxylic acids is 3. The molecule has 2 N–H and O–H groups in total. The van der Waals surface area contributed by atoms with Gasteiger partial charge in [-0.15, -0.1) is 10.2 Å². The highest BCUT2D eigenvalue weighted by Gasteiger charge is 2.34. The Morgan fingerprint density at radius 2 is 2.20 bits per heavy atom. The Hall–Kier alpha value is -3.09. The first kappa shape index (κ1) is 18.3. The third-order valence-electron chi connectivity index (χ3n) is 3.46. The van der Waals surface area contributed by atoms with Crippen molar-refractivity contribution in [1.29, 1.82) is 0 Å². The highest BCUT2D eigenvalue weighted by molar-refractivity contribution is 6.04. The van der Waals surface area contributed by atoms with Crippen LogP contribution in [0, 0.1) is 0 Å². The van der Waals surface area contributed by atoms with Crippen molar-refractivity contribution in [1.82, 2.24) is 35.3 Å². The molecule has 3 heterocycles. The topological polar surface area (TPSA) is 160 Å². The average molecular weight is 355 g/mol. The number of tetrazole rings is 1. The van der Waals surface area contributed by atoms with Crippen LogP contribution in [0.2, 0.25) is 0 Å². The lowest BCUT2D eigenvalue weighted by molar-refractivity contribution is -0.142. The van der Waals surface area contributed by atoms with E-state index in [1.54, 1.807) is 7.05 Å². The molecule has 25 heavy (non-hydrogen) atoms. The Kier molecular flexibility index (Phi) is 5.94. The van der Waals surface area contributed by atoms with Crippen LogP contribution in [0.5, 0.6) is 0 Å². The van der Waals surface area contributed by atoms with Crippen LogP contribution in [0.4, 0.5) is 4.79 Å². The van der Waals surface area contributed by atoms with E-state index in [2.05, 4.69) is 20.7 Å². The Morgan fingerprint density at radius 3 is 2.76 bits per heavy atom. The Labute approximate surface area is 141 Å². The highest BCUT2D eigenvalue weighted by atomic mass is 16.5. The lowest BCUT2D eigenvalue weighted by Gasteiger charge is -2.32. The number of aromatic nitrogens is 4. The lowest BCUT2D eigenvalue weighted by atomic mass is 10.2. The summed E-state index contributed by atoms with van der Waals surface area (Å²) in [5.74, 6) is -0.323. The SMILES string of the molecule is Cn1nnc(C2CN(C(=O)CN3C(=O)CNC3=O)CCO2)n1.O=CO. The van der Waals surface area contributed by atoms with Crippen LogP contribution < -0.4 is 5.32 Å².